The summed E-state index contributed by atoms with van der Waals surface area (Å²) in [5.41, 5.74) is 0. The summed E-state index contributed by atoms with van der Waals surface area (Å²) in [5, 5.41) is 8.62. The lowest BCUT2D eigenvalue weighted by Gasteiger charge is -2.29. The van der Waals surface area contributed by atoms with Gasteiger partial charge in [-0.15, -0.1) is 0 Å². The van der Waals surface area contributed by atoms with Crippen molar-refractivity contribution in [2.45, 2.75) is 25.9 Å². The summed E-state index contributed by atoms with van der Waals surface area (Å²) in [6.07, 6.45) is 0.201. The Morgan fingerprint density at radius 2 is 1.92 bits per heavy atom. The van der Waals surface area contributed by atoms with E-state index in [4.69, 9.17) is 9.84 Å². The average Bonchev–Trinajstić information content (AvgIpc) is 2.04. The van der Waals surface area contributed by atoms with Gasteiger partial charge in [-0.25, -0.2) is 4.79 Å². The highest BCUT2D eigenvalue weighted by atomic mass is 16.5. The first-order valence-electron chi connectivity index (χ1n) is 4.24. The number of ether oxygens (including phenoxy) is 1. The topological polar surface area (TPSA) is 66.8 Å². The van der Waals surface area contributed by atoms with E-state index in [9.17, 15) is 9.59 Å². The molecule has 5 nitrogen and oxygen atoms in total. The third-order valence-electron chi connectivity index (χ3n) is 2.05. The summed E-state index contributed by atoms with van der Waals surface area (Å²) in [6.45, 7) is 2.27. The number of nitrogens with zero attached hydrogens (tertiary/aromatic N) is 1. The van der Waals surface area contributed by atoms with Gasteiger partial charge in [-0.3, -0.25) is 4.79 Å². The highest BCUT2D eigenvalue weighted by molar-refractivity contribution is 5.66. The van der Waals surface area contributed by atoms with Crippen LogP contribution in [0.25, 0.3) is 0 Å². The Balaban J connectivity index is 2.30. The van der Waals surface area contributed by atoms with Gasteiger partial charge in [-0.1, -0.05) is 0 Å². The molecule has 0 atom stereocenters. The van der Waals surface area contributed by atoms with Gasteiger partial charge in [0.15, 0.2) is 0 Å². The van der Waals surface area contributed by atoms with Gasteiger partial charge in [0.25, 0.3) is 0 Å². The highest BCUT2D eigenvalue weighted by Gasteiger charge is 2.23. The van der Waals surface area contributed by atoms with Crippen LogP contribution in [0.2, 0.25) is 0 Å². The Kier molecular flexibility index (Phi) is 3.11. The molecule has 1 heterocycles. The van der Waals surface area contributed by atoms with E-state index < -0.39 is 6.09 Å². The molecule has 1 rings (SSSR count). The van der Waals surface area contributed by atoms with Crippen LogP contribution >= 0.6 is 0 Å². The van der Waals surface area contributed by atoms with Crippen molar-refractivity contribution in [1.82, 2.24) is 4.90 Å². The molecule has 0 bridgehead atoms. The monoisotopic (exact) mass is 187 g/mol. The molecule has 1 amide bonds. The zero-order valence-electron chi connectivity index (χ0n) is 7.52. The Morgan fingerprint density at radius 1 is 1.38 bits per heavy atom. The maximum Gasteiger partial charge on any atom is 0.407 e. The minimum Gasteiger partial charge on any atom is -0.465 e. The molecule has 0 radical (unpaired) electrons. The second kappa shape index (κ2) is 4.11. The number of hydrogen-bond donors (Lipinski definition) is 1. The molecule has 1 saturated heterocycles. The molecule has 0 aliphatic carbocycles. The van der Waals surface area contributed by atoms with Gasteiger partial charge in [0, 0.05) is 32.9 Å². The number of carbonyl (C=O) groups excluding carboxylic acids is 1. The molecule has 0 saturated carbocycles. The van der Waals surface area contributed by atoms with E-state index in [0.29, 0.717) is 25.9 Å². The van der Waals surface area contributed by atoms with Gasteiger partial charge in [0.05, 0.1) is 0 Å². The summed E-state index contributed by atoms with van der Waals surface area (Å²) in [6, 6.07) is 0. The maximum atomic E-state index is 10.6. The summed E-state index contributed by atoms with van der Waals surface area (Å²) in [5.74, 6) is -0.297. The van der Waals surface area contributed by atoms with Gasteiger partial charge < -0.3 is 14.7 Å². The number of amides is 1. The molecule has 1 N–H and O–H groups in total. The normalized spacial score (nSPS) is 18.4. The van der Waals surface area contributed by atoms with Crippen molar-refractivity contribution in [3.05, 3.63) is 0 Å². The highest BCUT2D eigenvalue weighted by Crippen LogP contribution is 2.13. The van der Waals surface area contributed by atoms with Crippen molar-refractivity contribution >= 4 is 12.1 Å². The minimum atomic E-state index is -0.902. The average molecular weight is 187 g/mol. The van der Waals surface area contributed by atoms with Crippen molar-refractivity contribution in [3.63, 3.8) is 0 Å². The summed E-state index contributed by atoms with van der Waals surface area (Å²) in [7, 11) is 0. The molecule has 1 fully saturated rings. The molecular weight excluding hydrogens is 174 g/mol. The number of carboxylic acid groups (broad SMARTS) is 1. The predicted molar refractivity (Wildman–Crippen MR) is 44.4 cm³/mol. The number of carbonyl (C=O) groups is 2. The molecule has 0 aromatic heterocycles. The van der Waals surface area contributed by atoms with E-state index in [0.717, 1.165) is 0 Å². The van der Waals surface area contributed by atoms with E-state index in [2.05, 4.69) is 0 Å². The van der Waals surface area contributed by atoms with E-state index in [-0.39, 0.29) is 12.1 Å². The summed E-state index contributed by atoms with van der Waals surface area (Å²) >= 11 is 0. The van der Waals surface area contributed by atoms with Crippen LogP contribution in [0.15, 0.2) is 0 Å². The van der Waals surface area contributed by atoms with Gasteiger partial charge in [-0.2, -0.15) is 0 Å². The largest absolute Gasteiger partial charge is 0.465 e. The first kappa shape index (κ1) is 9.83. The molecule has 13 heavy (non-hydrogen) atoms. The van der Waals surface area contributed by atoms with Crippen molar-refractivity contribution < 1.29 is 19.4 Å². The number of rotatable bonds is 1. The van der Waals surface area contributed by atoms with Crippen LogP contribution in [-0.2, 0) is 9.53 Å². The first-order valence-corrected chi connectivity index (χ1v) is 4.24. The molecule has 1 aliphatic rings. The molecular formula is C8H13NO4. The smallest absolute Gasteiger partial charge is 0.407 e. The fourth-order valence-electron chi connectivity index (χ4n) is 1.40. The van der Waals surface area contributed by atoms with Crippen molar-refractivity contribution in [3.8, 4) is 0 Å². The van der Waals surface area contributed by atoms with Gasteiger partial charge in [0.1, 0.15) is 6.10 Å². The van der Waals surface area contributed by atoms with Crippen LogP contribution in [0, 0.1) is 0 Å². The van der Waals surface area contributed by atoms with Crippen LogP contribution in [-0.4, -0.2) is 41.3 Å². The van der Waals surface area contributed by atoms with E-state index in [1.54, 1.807) is 0 Å². The number of piperidine rings is 1. The van der Waals surface area contributed by atoms with Crippen LogP contribution in [0.3, 0.4) is 0 Å². The third kappa shape index (κ3) is 2.93. The van der Waals surface area contributed by atoms with Crippen molar-refractivity contribution in [2.75, 3.05) is 13.1 Å². The summed E-state index contributed by atoms with van der Waals surface area (Å²) in [4.78, 5) is 22.4. The van der Waals surface area contributed by atoms with Crippen LogP contribution < -0.4 is 0 Å². The van der Waals surface area contributed by atoms with Crippen LogP contribution in [0.4, 0.5) is 4.79 Å². The molecule has 74 valence electrons. The molecule has 0 unspecified atom stereocenters. The Bertz CT molecular complexity index is 208. The zero-order valence-corrected chi connectivity index (χ0v) is 7.52. The van der Waals surface area contributed by atoms with Gasteiger partial charge in [0.2, 0.25) is 0 Å². The summed E-state index contributed by atoms with van der Waals surface area (Å²) < 4.78 is 4.96. The van der Waals surface area contributed by atoms with Gasteiger partial charge >= 0.3 is 12.1 Å². The zero-order chi connectivity index (χ0) is 9.84. The minimum absolute atomic E-state index is 0.104. The van der Waals surface area contributed by atoms with E-state index in [1.807, 2.05) is 0 Å². The molecule has 0 aromatic carbocycles. The molecule has 1 aliphatic heterocycles. The Morgan fingerprint density at radius 3 is 2.31 bits per heavy atom. The first-order chi connectivity index (χ1) is 6.09. The second-order valence-electron chi connectivity index (χ2n) is 3.08. The van der Waals surface area contributed by atoms with E-state index >= 15 is 0 Å². The van der Waals surface area contributed by atoms with Crippen molar-refractivity contribution in [1.29, 1.82) is 0 Å². The lowest BCUT2D eigenvalue weighted by molar-refractivity contribution is -0.148. The van der Waals surface area contributed by atoms with Crippen LogP contribution in [0.5, 0.6) is 0 Å². The molecule has 5 heteroatoms. The standard InChI is InChI=1S/C8H13NO4/c1-6(10)13-7-2-4-9(5-3-7)8(11)12/h7H,2-5H2,1H3,(H,11,12). The predicted octanol–water partition coefficient (Wildman–Crippen LogP) is 0.692. The number of hydrogen-bond acceptors (Lipinski definition) is 3. The number of esters is 1. The van der Waals surface area contributed by atoms with Crippen molar-refractivity contribution in [2.24, 2.45) is 0 Å². The van der Waals surface area contributed by atoms with Crippen LogP contribution in [0.1, 0.15) is 19.8 Å². The third-order valence-corrected chi connectivity index (χ3v) is 2.05. The fourth-order valence-corrected chi connectivity index (χ4v) is 1.40. The van der Waals surface area contributed by atoms with Gasteiger partial charge in [-0.05, 0) is 0 Å². The molecule has 0 aromatic rings. The SMILES string of the molecule is CC(=O)OC1CCN(C(=O)O)CC1. The lowest BCUT2D eigenvalue weighted by Crippen LogP contribution is -2.40. The second-order valence-corrected chi connectivity index (χ2v) is 3.08. The number of likely N-dealkylation sites (tertiary alicyclic amines) is 1. The quantitative estimate of drug-likeness (QED) is 0.613. The maximum absolute atomic E-state index is 10.6. The lowest BCUT2D eigenvalue weighted by atomic mass is 10.1. The Labute approximate surface area is 76.3 Å². The van der Waals surface area contributed by atoms with E-state index in [1.165, 1.54) is 11.8 Å². The fraction of sp³-hybridized carbons (Fsp3) is 0.750. The Hall–Kier alpha value is -1.26. The molecule has 0 spiro atoms.